The summed E-state index contributed by atoms with van der Waals surface area (Å²) in [6.45, 7) is 6.29. The molecule has 0 radical (unpaired) electrons. The summed E-state index contributed by atoms with van der Waals surface area (Å²) in [5.74, 6) is -0.126. The fourth-order valence-electron chi connectivity index (χ4n) is 2.78. The first-order chi connectivity index (χ1) is 11.9. The van der Waals surface area contributed by atoms with Crippen LogP contribution in [0.1, 0.15) is 33.0 Å². The van der Waals surface area contributed by atoms with E-state index in [-0.39, 0.29) is 5.91 Å². The Labute approximate surface area is 147 Å². The van der Waals surface area contributed by atoms with Crippen LogP contribution < -0.4 is 5.32 Å². The summed E-state index contributed by atoms with van der Waals surface area (Å²) in [4.78, 5) is 17.1. The zero-order valence-electron chi connectivity index (χ0n) is 15.0. The molecule has 1 amide bonds. The summed E-state index contributed by atoms with van der Waals surface area (Å²) in [6, 6.07) is 13.9. The largest absolute Gasteiger partial charge is 0.346 e. The number of nitrogens with one attached hydrogen (secondary N) is 1. The minimum atomic E-state index is -0.126. The highest BCUT2D eigenvalue weighted by molar-refractivity contribution is 5.95. The Morgan fingerprint density at radius 2 is 1.80 bits per heavy atom. The van der Waals surface area contributed by atoms with Gasteiger partial charge in [0.15, 0.2) is 0 Å². The number of nitrogens with zero attached hydrogens (tertiary/aromatic N) is 3. The van der Waals surface area contributed by atoms with Crippen molar-refractivity contribution in [2.45, 2.75) is 27.3 Å². The molecule has 0 atom stereocenters. The average molecular weight is 334 g/mol. The van der Waals surface area contributed by atoms with Crippen LogP contribution in [0.15, 0.2) is 42.5 Å². The van der Waals surface area contributed by atoms with Gasteiger partial charge in [-0.2, -0.15) is 5.10 Å². The van der Waals surface area contributed by atoms with Crippen molar-refractivity contribution in [1.82, 2.24) is 20.1 Å². The van der Waals surface area contributed by atoms with Crippen LogP contribution >= 0.6 is 0 Å². The van der Waals surface area contributed by atoms with E-state index in [2.05, 4.69) is 34.5 Å². The smallest absolute Gasteiger partial charge is 0.253 e. The van der Waals surface area contributed by atoms with E-state index in [0.29, 0.717) is 12.1 Å². The molecule has 0 fully saturated rings. The summed E-state index contributed by atoms with van der Waals surface area (Å²) in [6.07, 6.45) is 0. The van der Waals surface area contributed by atoms with Crippen molar-refractivity contribution in [2.75, 3.05) is 0 Å². The van der Waals surface area contributed by atoms with E-state index >= 15 is 0 Å². The van der Waals surface area contributed by atoms with Gasteiger partial charge in [0.25, 0.3) is 5.91 Å². The second kappa shape index (κ2) is 6.89. The monoisotopic (exact) mass is 334 g/mol. The molecule has 5 heteroatoms. The summed E-state index contributed by atoms with van der Waals surface area (Å²) in [7, 11) is 1.87. The molecule has 25 heavy (non-hydrogen) atoms. The van der Waals surface area contributed by atoms with Gasteiger partial charge >= 0.3 is 0 Å². The van der Waals surface area contributed by atoms with Crippen LogP contribution in [0.5, 0.6) is 0 Å². The molecule has 3 aromatic rings. The van der Waals surface area contributed by atoms with Gasteiger partial charge in [0.2, 0.25) is 0 Å². The highest BCUT2D eigenvalue weighted by Crippen LogP contribution is 2.19. The first-order valence-corrected chi connectivity index (χ1v) is 8.26. The maximum atomic E-state index is 12.5. The fraction of sp³-hybridized carbons (Fsp3) is 0.250. The number of carbonyl (C=O) groups is 1. The molecule has 3 rings (SSSR count). The Morgan fingerprint density at radius 3 is 2.40 bits per heavy atom. The highest BCUT2D eigenvalue weighted by atomic mass is 16.1. The third-order valence-electron chi connectivity index (χ3n) is 4.21. The van der Waals surface area contributed by atoms with Gasteiger partial charge in [-0.15, -0.1) is 0 Å². The zero-order chi connectivity index (χ0) is 18.0. The van der Waals surface area contributed by atoms with Gasteiger partial charge in [-0.25, -0.2) is 0 Å². The molecule has 0 aliphatic rings. The van der Waals surface area contributed by atoms with Crippen LogP contribution in [-0.4, -0.2) is 20.7 Å². The van der Waals surface area contributed by atoms with E-state index in [0.717, 1.165) is 28.3 Å². The van der Waals surface area contributed by atoms with E-state index in [1.165, 1.54) is 5.56 Å². The SMILES string of the molecule is Cc1ccc(-c2ccc(C(=O)NCc3cc(C)nn3C)c(C)n2)cc1. The van der Waals surface area contributed by atoms with E-state index in [4.69, 9.17) is 0 Å². The van der Waals surface area contributed by atoms with Gasteiger partial charge in [-0.1, -0.05) is 29.8 Å². The van der Waals surface area contributed by atoms with Crippen LogP contribution in [0.4, 0.5) is 0 Å². The first kappa shape index (κ1) is 16.9. The molecule has 128 valence electrons. The van der Waals surface area contributed by atoms with Gasteiger partial charge in [0, 0.05) is 12.6 Å². The molecule has 2 heterocycles. The molecule has 0 spiro atoms. The summed E-state index contributed by atoms with van der Waals surface area (Å²) < 4.78 is 1.78. The van der Waals surface area contributed by atoms with Gasteiger partial charge in [0.1, 0.15) is 0 Å². The van der Waals surface area contributed by atoms with Crippen LogP contribution in [0.2, 0.25) is 0 Å². The quantitative estimate of drug-likeness (QED) is 0.796. The van der Waals surface area contributed by atoms with Crippen LogP contribution in [0.25, 0.3) is 11.3 Å². The fourth-order valence-corrected chi connectivity index (χ4v) is 2.78. The second-order valence-corrected chi connectivity index (χ2v) is 6.28. The van der Waals surface area contributed by atoms with Crippen molar-refractivity contribution in [3.63, 3.8) is 0 Å². The molecule has 5 nitrogen and oxygen atoms in total. The van der Waals surface area contributed by atoms with Crippen molar-refractivity contribution in [3.05, 3.63) is 70.7 Å². The molecule has 0 unspecified atom stereocenters. The predicted octanol–water partition coefficient (Wildman–Crippen LogP) is 3.34. The maximum absolute atomic E-state index is 12.5. The number of aryl methyl sites for hydroxylation is 4. The standard InChI is InChI=1S/C20H22N4O/c1-13-5-7-16(8-6-13)19-10-9-18(15(3)22-19)20(25)21-12-17-11-14(2)23-24(17)4/h5-11H,12H2,1-4H3,(H,21,25). The van der Waals surface area contributed by atoms with Gasteiger partial charge in [-0.05, 0) is 39.0 Å². The van der Waals surface area contributed by atoms with E-state index in [1.54, 1.807) is 4.68 Å². The van der Waals surface area contributed by atoms with Crippen LogP contribution in [-0.2, 0) is 13.6 Å². The summed E-state index contributed by atoms with van der Waals surface area (Å²) in [5.41, 5.74) is 6.34. The molecule has 1 N–H and O–H groups in total. The lowest BCUT2D eigenvalue weighted by Gasteiger charge is -2.09. The third kappa shape index (κ3) is 3.76. The van der Waals surface area contributed by atoms with E-state index < -0.39 is 0 Å². The Balaban J connectivity index is 1.75. The molecule has 2 aromatic heterocycles. The van der Waals surface area contributed by atoms with Crippen LogP contribution in [0.3, 0.4) is 0 Å². The molecule has 0 aliphatic carbocycles. The van der Waals surface area contributed by atoms with Crippen molar-refractivity contribution in [3.8, 4) is 11.3 Å². The van der Waals surface area contributed by atoms with Gasteiger partial charge in [0.05, 0.1) is 34.9 Å². The lowest BCUT2D eigenvalue weighted by Crippen LogP contribution is -2.25. The number of benzene rings is 1. The van der Waals surface area contributed by atoms with E-state index in [9.17, 15) is 4.79 Å². The first-order valence-electron chi connectivity index (χ1n) is 8.26. The Hall–Kier alpha value is -2.95. The van der Waals surface area contributed by atoms with Gasteiger partial charge < -0.3 is 5.32 Å². The number of carbonyl (C=O) groups excluding carboxylic acids is 1. The van der Waals surface area contributed by atoms with Crippen molar-refractivity contribution < 1.29 is 4.79 Å². The molecule has 0 saturated heterocycles. The number of aromatic nitrogens is 3. The Morgan fingerprint density at radius 1 is 1.08 bits per heavy atom. The molecular weight excluding hydrogens is 312 g/mol. The second-order valence-electron chi connectivity index (χ2n) is 6.28. The minimum Gasteiger partial charge on any atom is -0.346 e. The molecule has 0 aliphatic heterocycles. The molecule has 1 aromatic carbocycles. The van der Waals surface area contributed by atoms with Crippen molar-refractivity contribution in [1.29, 1.82) is 0 Å². The van der Waals surface area contributed by atoms with Crippen molar-refractivity contribution in [2.24, 2.45) is 7.05 Å². The van der Waals surface area contributed by atoms with Gasteiger partial charge in [-0.3, -0.25) is 14.5 Å². The topological polar surface area (TPSA) is 59.8 Å². The number of hydrogen-bond acceptors (Lipinski definition) is 3. The number of pyridine rings is 1. The zero-order valence-corrected chi connectivity index (χ0v) is 15.0. The third-order valence-corrected chi connectivity index (χ3v) is 4.21. The number of hydrogen-bond donors (Lipinski definition) is 1. The normalized spacial score (nSPS) is 10.7. The summed E-state index contributed by atoms with van der Waals surface area (Å²) >= 11 is 0. The Kier molecular flexibility index (Phi) is 4.65. The predicted molar refractivity (Wildman–Crippen MR) is 98.3 cm³/mol. The highest BCUT2D eigenvalue weighted by Gasteiger charge is 2.12. The maximum Gasteiger partial charge on any atom is 0.253 e. The van der Waals surface area contributed by atoms with Crippen molar-refractivity contribution >= 4 is 5.91 Å². The lowest BCUT2D eigenvalue weighted by atomic mass is 10.1. The van der Waals surface area contributed by atoms with E-state index in [1.807, 2.05) is 51.2 Å². The Bertz CT molecular complexity index is 910. The molecular formula is C20H22N4O. The lowest BCUT2D eigenvalue weighted by molar-refractivity contribution is 0.0949. The van der Waals surface area contributed by atoms with Crippen LogP contribution in [0, 0.1) is 20.8 Å². The molecule has 0 saturated carbocycles. The average Bonchev–Trinajstić information content (AvgIpc) is 2.90. The number of rotatable bonds is 4. The molecule has 0 bridgehead atoms. The minimum absolute atomic E-state index is 0.126. The number of amides is 1. The summed E-state index contributed by atoms with van der Waals surface area (Å²) in [5, 5.41) is 7.22.